The summed E-state index contributed by atoms with van der Waals surface area (Å²) in [6.07, 6.45) is 8.86. The molecule has 2 saturated heterocycles. The van der Waals surface area contributed by atoms with Crippen LogP contribution in [0.5, 0.6) is 0 Å². The summed E-state index contributed by atoms with van der Waals surface area (Å²) in [4.78, 5) is 7.20. The predicted octanol–water partition coefficient (Wildman–Crippen LogP) is 5.30. The monoisotopic (exact) mass is 484 g/mol. The van der Waals surface area contributed by atoms with Crippen molar-refractivity contribution in [3.05, 3.63) is 41.6 Å². The number of hydrogen-bond acceptors (Lipinski definition) is 6. The summed E-state index contributed by atoms with van der Waals surface area (Å²) in [5.74, 6) is 1.59. The molecule has 3 heterocycles. The molecular formula is C27H37ClN4O2. The molecule has 1 saturated carbocycles. The first kappa shape index (κ1) is 23.9. The van der Waals surface area contributed by atoms with E-state index in [1.807, 2.05) is 0 Å². The first-order valence-electron chi connectivity index (χ1n) is 12.9. The third kappa shape index (κ3) is 6.22. The summed E-state index contributed by atoms with van der Waals surface area (Å²) in [5, 5.41) is 7.98. The number of hydrogen-bond donors (Lipinski definition) is 2. The second-order valence-corrected chi connectivity index (χ2v) is 10.3. The number of halogens is 1. The molecule has 0 bridgehead atoms. The molecule has 0 amide bonds. The van der Waals surface area contributed by atoms with Crippen molar-refractivity contribution in [1.82, 2.24) is 9.88 Å². The van der Waals surface area contributed by atoms with E-state index in [1.165, 1.54) is 25.7 Å². The summed E-state index contributed by atoms with van der Waals surface area (Å²) in [6, 6.07) is 11.8. The second-order valence-electron chi connectivity index (χ2n) is 9.86. The molecule has 3 fully saturated rings. The van der Waals surface area contributed by atoms with Gasteiger partial charge in [-0.25, -0.2) is 4.98 Å². The van der Waals surface area contributed by atoms with Crippen molar-refractivity contribution in [2.24, 2.45) is 5.92 Å². The van der Waals surface area contributed by atoms with Crippen LogP contribution in [-0.2, 0) is 9.47 Å². The zero-order chi connectivity index (χ0) is 23.2. The maximum Gasteiger partial charge on any atom is 0.126 e. The van der Waals surface area contributed by atoms with E-state index in [0.29, 0.717) is 23.0 Å². The average Bonchev–Trinajstić information content (AvgIpc) is 2.90. The Labute approximate surface area is 208 Å². The van der Waals surface area contributed by atoms with Gasteiger partial charge in [0, 0.05) is 62.4 Å². The number of benzene rings is 1. The zero-order valence-corrected chi connectivity index (χ0v) is 20.7. The van der Waals surface area contributed by atoms with E-state index in [-0.39, 0.29) is 0 Å². The van der Waals surface area contributed by atoms with Gasteiger partial charge < -0.3 is 20.1 Å². The van der Waals surface area contributed by atoms with Crippen LogP contribution in [0.15, 0.2) is 36.5 Å². The van der Waals surface area contributed by atoms with Crippen molar-refractivity contribution in [2.75, 3.05) is 56.7 Å². The van der Waals surface area contributed by atoms with Crippen LogP contribution in [0.3, 0.4) is 0 Å². The molecule has 34 heavy (non-hydrogen) atoms. The molecule has 7 heteroatoms. The largest absolute Gasteiger partial charge is 0.385 e. The molecule has 1 aliphatic carbocycles. The zero-order valence-electron chi connectivity index (χ0n) is 20.0. The van der Waals surface area contributed by atoms with Crippen molar-refractivity contribution in [3.63, 3.8) is 0 Å². The lowest BCUT2D eigenvalue weighted by Gasteiger charge is -2.39. The first-order valence-corrected chi connectivity index (χ1v) is 13.3. The highest BCUT2D eigenvalue weighted by molar-refractivity contribution is 6.33. The van der Waals surface area contributed by atoms with Crippen molar-refractivity contribution in [2.45, 2.75) is 50.6 Å². The highest BCUT2D eigenvalue weighted by atomic mass is 35.5. The second kappa shape index (κ2) is 11.7. The predicted molar refractivity (Wildman–Crippen MR) is 139 cm³/mol. The van der Waals surface area contributed by atoms with Gasteiger partial charge in [0.15, 0.2) is 0 Å². The molecule has 0 atom stereocenters. The minimum absolute atomic E-state index is 0.464. The lowest BCUT2D eigenvalue weighted by Crippen LogP contribution is -2.46. The van der Waals surface area contributed by atoms with Crippen LogP contribution >= 0.6 is 11.6 Å². The quantitative estimate of drug-likeness (QED) is 0.556. The van der Waals surface area contributed by atoms with Crippen molar-refractivity contribution >= 4 is 23.1 Å². The van der Waals surface area contributed by atoms with Crippen LogP contribution in [0, 0.1) is 5.92 Å². The maximum atomic E-state index is 6.59. The standard InChI is InChI=1S/C27H37ClN4O2/c28-26-19-30-27(31-22-4-6-24(7-5-22)32-10-14-34-15-11-32)17-25(26)21-2-1-3-23(16-21)29-18-20-8-12-33-13-9-20/h1-3,16-17,19-20,22,24,29H,4-15,18H2,(H,30,31). The number of anilines is 2. The van der Waals surface area contributed by atoms with Gasteiger partial charge >= 0.3 is 0 Å². The third-order valence-corrected chi connectivity index (χ3v) is 7.88. The summed E-state index contributed by atoms with van der Waals surface area (Å²) in [6.45, 7) is 6.65. The Hall–Kier alpha value is -1.86. The molecule has 1 aromatic carbocycles. The molecule has 0 unspecified atom stereocenters. The topological polar surface area (TPSA) is 58.7 Å². The lowest BCUT2D eigenvalue weighted by atomic mass is 9.90. The molecule has 5 rings (SSSR count). The van der Waals surface area contributed by atoms with Gasteiger partial charge in [-0.2, -0.15) is 0 Å². The Kier molecular flexibility index (Phi) is 8.22. The van der Waals surface area contributed by atoms with Crippen LogP contribution in [0.1, 0.15) is 38.5 Å². The van der Waals surface area contributed by atoms with Gasteiger partial charge in [-0.15, -0.1) is 0 Å². The van der Waals surface area contributed by atoms with Crippen LogP contribution < -0.4 is 10.6 Å². The fraction of sp³-hybridized carbons (Fsp3) is 0.593. The van der Waals surface area contributed by atoms with Gasteiger partial charge in [0.1, 0.15) is 5.82 Å². The fourth-order valence-electron chi connectivity index (χ4n) is 5.49. The molecule has 2 aliphatic heterocycles. The Morgan fingerprint density at radius 1 is 0.941 bits per heavy atom. The average molecular weight is 485 g/mol. The van der Waals surface area contributed by atoms with E-state index in [9.17, 15) is 0 Å². The SMILES string of the molecule is Clc1cnc(NC2CCC(N3CCOCC3)CC2)cc1-c1cccc(NCC2CCOCC2)c1. The number of nitrogens with one attached hydrogen (secondary N) is 2. The summed E-state index contributed by atoms with van der Waals surface area (Å²) in [7, 11) is 0. The number of rotatable bonds is 7. The fourth-order valence-corrected chi connectivity index (χ4v) is 5.70. The molecule has 2 N–H and O–H groups in total. The minimum Gasteiger partial charge on any atom is -0.385 e. The molecule has 2 aromatic rings. The van der Waals surface area contributed by atoms with Gasteiger partial charge in [-0.1, -0.05) is 23.7 Å². The molecule has 0 radical (unpaired) electrons. The Bertz CT molecular complexity index is 923. The van der Waals surface area contributed by atoms with E-state index < -0.39 is 0 Å². The number of ether oxygens (including phenoxy) is 2. The Morgan fingerprint density at radius 2 is 1.71 bits per heavy atom. The van der Waals surface area contributed by atoms with Gasteiger partial charge in [-0.05, 0) is 68.2 Å². The van der Waals surface area contributed by atoms with E-state index >= 15 is 0 Å². The van der Waals surface area contributed by atoms with Gasteiger partial charge in [0.25, 0.3) is 0 Å². The number of nitrogens with zero attached hydrogens (tertiary/aromatic N) is 2. The van der Waals surface area contributed by atoms with Crippen molar-refractivity contribution < 1.29 is 9.47 Å². The smallest absolute Gasteiger partial charge is 0.126 e. The molecule has 0 spiro atoms. The Balaban J connectivity index is 1.19. The number of aromatic nitrogens is 1. The highest BCUT2D eigenvalue weighted by Crippen LogP contribution is 2.32. The van der Waals surface area contributed by atoms with Gasteiger partial charge in [0.2, 0.25) is 0 Å². The van der Waals surface area contributed by atoms with Gasteiger partial charge in [-0.3, -0.25) is 4.90 Å². The summed E-state index contributed by atoms with van der Waals surface area (Å²) >= 11 is 6.59. The molecule has 6 nitrogen and oxygen atoms in total. The highest BCUT2D eigenvalue weighted by Gasteiger charge is 2.27. The number of morpholine rings is 1. The van der Waals surface area contributed by atoms with E-state index in [2.05, 4.69) is 50.8 Å². The molecular weight excluding hydrogens is 448 g/mol. The van der Waals surface area contributed by atoms with E-state index in [4.69, 9.17) is 21.1 Å². The van der Waals surface area contributed by atoms with Crippen LogP contribution in [0.4, 0.5) is 11.5 Å². The maximum absolute atomic E-state index is 6.59. The van der Waals surface area contributed by atoms with Crippen molar-refractivity contribution in [3.8, 4) is 11.1 Å². The minimum atomic E-state index is 0.464. The summed E-state index contributed by atoms with van der Waals surface area (Å²) < 4.78 is 11.0. The van der Waals surface area contributed by atoms with E-state index in [0.717, 1.165) is 81.5 Å². The first-order chi connectivity index (χ1) is 16.7. The molecule has 184 valence electrons. The number of pyridine rings is 1. The van der Waals surface area contributed by atoms with Crippen LogP contribution in [0.2, 0.25) is 5.02 Å². The lowest BCUT2D eigenvalue weighted by molar-refractivity contribution is 0.00790. The Morgan fingerprint density at radius 3 is 2.50 bits per heavy atom. The summed E-state index contributed by atoms with van der Waals surface area (Å²) in [5.41, 5.74) is 3.27. The van der Waals surface area contributed by atoms with E-state index in [1.54, 1.807) is 6.20 Å². The normalized spacial score (nSPS) is 24.6. The van der Waals surface area contributed by atoms with Gasteiger partial charge in [0.05, 0.1) is 18.2 Å². The van der Waals surface area contributed by atoms with Crippen LogP contribution in [0.25, 0.3) is 11.1 Å². The third-order valence-electron chi connectivity index (χ3n) is 7.58. The van der Waals surface area contributed by atoms with Crippen molar-refractivity contribution in [1.29, 1.82) is 0 Å². The molecule has 1 aromatic heterocycles. The van der Waals surface area contributed by atoms with Crippen LogP contribution in [-0.4, -0.2) is 68.0 Å². The molecule has 3 aliphatic rings.